The summed E-state index contributed by atoms with van der Waals surface area (Å²) in [5.74, 6) is -0.346. The van der Waals surface area contributed by atoms with Gasteiger partial charge in [0.15, 0.2) is 6.61 Å². The summed E-state index contributed by atoms with van der Waals surface area (Å²) in [4.78, 5) is 16.7. The lowest BCUT2D eigenvalue weighted by Gasteiger charge is -2.03. The van der Waals surface area contributed by atoms with E-state index in [0.717, 1.165) is 5.56 Å². The first kappa shape index (κ1) is 18.5. The minimum Gasteiger partial charge on any atom is -0.452 e. The molecule has 0 saturated carbocycles. The average molecular weight is 393 g/mol. The third kappa shape index (κ3) is 3.77. The largest absolute Gasteiger partial charge is 0.452 e. The van der Waals surface area contributed by atoms with E-state index in [4.69, 9.17) is 13.8 Å². The number of halogens is 1. The number of aromatic nitrogens is 3. The molecular formula is C21H16FN3O4. The number of carbonyl (C=O) groups excluding carboxylic acids is 1. The Hall–Kier alpha value is -3.81. The molecule has 0 radical (unpaired) electrons. The molecule has 0 spiro atoms. The number of nitrogens with zero attached hydrogens (tertiary/aromatic N) is 3. The molecule has 2 aromatic heterocycles. The first-order chi connectivity index (χ1) is 14.0. The predicted octanol–water partition coefficient (Wildman–Crippen LogP) is 4.50. The number of benzene rings is 2. The van der Waals surface area contributed by atoms with Gasteiger partial charge < -0.3 is 13.8 Å². The summed E-state index contributed by atoms with van der Waals surface area (Å²) < 4.78 is 29.3. The molecule has 7 nitrogen and oxygen atoms in total. The van der Waals surface area contributed by atoms with Crippen LogP contribution in [0.25, 0.3) is 22.6 Å². The van der Waals surface area contributed by atoms with E-state index in [0.29, 0.717) is 22.6 Å². The van der Waals surface area contributed by atoms with Crippen LogP contribution in [0.1, 0.15) is 27.6 Å². The van der Waals surface area contributed by atoms with Gasteiger partial charge in [0.1, 0.15) is 22.8 Å². The van der Waals surface area contributed by atoms with Gasteiger partial charge in [-0.3, -0.25) is 0 Å². The van der Waals surface area contributed by atoms with Crippen molar-refractivity contribution in [3.8, 4) is 22.6 Å². The predicted molar refractivity (Wildman–Crippen MR) is 100 cm³/mol. The molecule has 2 heterocycles. The maximum atomic E-state index is 13.7. The molecule has 0 bridgehead atoms. The number of hydrogen-bond acceptors (Lipinski definition) is 7. The monoisotopic (exact) mass is 393 g/mol. The highest BCUT2D eigenvalue weighted by atomic mass is 19.1. The number of aryl methyl sites for hydroxylation is 2. The molecule has 0 fully saturated rings. The van der Waals surface area contributed by atoms with Crippen molar-refractivity contribution in [2.75, 3.05) is 0 Å². The van der Waals surface area contributed by atoms with Gasteiger partial charge in [0, 0.05) is 11.1 Å². The van der Waals surface area contributed by atoms with Crippen molar-refractivity contribution >= 4 is 5.97 Å². The highest BCUT2D eigenvalue weighted by molar-refractivity contribution is 5.97. The second-order valence-corrected chi connectivity index (χ2v) is 6.38. The fraction of sp³-hybridized carbons (Fsp3) is 0.143. The van der Waals surface area contributed by atoms with Crippen LogP contribution in [-0.4, -0.2) is 21.3 Å². The molecule has 0 aliphatic heterocycles. The molecule has 0 amide bonds. The molecule has 146 valence electrons. The summed E-state index contributed by atoms with van der Waals surface area (Å²) in [5, 5.41) is 7.76. The highest BCUT2D eigenvalue weighted by Crippen LogP contribution is 2.26. The Kier molecular flexibility index (Phi) is 4.90. The summed E-state index contributed by atoms with van der Waals surface area (Å²) in [7, 11) is 0. The number of esters is 1. The normalized spacial score (nSPS) is 10.9. The van der Waals surface area contributed by atoms with Crippen LogP contribution < -0.4 is 0 Å². The van der Waals surface area contributed by atoms with E-state index in [1.807, 2.05) is 30.3 Å². The highest BCUT2D eigenvalue weighted by Gasteiger charge is 2.23. The van der Waals surface area contributed by atoms with E-state index in [9.17, 15) is 9.18 Å². The second kappa shape index (κ2) is 7.67. The van der Waals surface area contributed by atoms with E-state index >= 15 is 0 Å². The van der Waals surface area contributed by atoms with E-state index in [1.54, 1.807) is 26.0 Å². The zero-order valence-corrected chi connectivity index (χ0v) is 15.7. The fourth-order valence-electron chi connectivity index (χ4n) is 2.77. The summed E-state index contributed by atoms with van der Waals surface area (Å²) in [5.41, 5.74) is 2.35. The third-order valence-corrected chi connectivity index (χ3v) is 4.34. The van der Waals surface area contributed by atoms with Gasteiger partial charge in [0.2, 0.25) is 5.82 Å². The van der Waals surface area contributed by atoms with E-state index < -0.39 is 5.97 Å². The Morgan fingerprint density at radius 2 is 1.83 bits per heavy atom. The standard InChI is InChI=1S/C21H16FN3O4/c1-12-8-9-15(10-16(12)22)20-23-17(29-25-20)11-27-21(26)18-13(2)28-24-19(18)14-6-4-3-5-7-14/h3-10H,11H2,1-2H3. The van der Waals surface area contributed by atoms with Crippen molar-refractivity contribution in [3.05, 3.63) is 77.1 Å². The van der Waals surface area contributed by atoms with Gasteiger partial charge in [-0.25, -0.2) is 9.18 Å². The lowest BCUT2D eigenvalue weighted by molar-refractivity contribution is 0.0428. The third-order valence-electron chi connectivity index (χ3n) is 4.34. The number of hydrogen-bond donors (Lipinski definition) is 0. The van der Waals surface area contributed by atoms with Gasteiger partial charge in [-0.2, -0.15) is 4.98 Å². The molecule has 0 aliphatic rings. The smallest absolute Gasteiger partial charge is 0.344 e. The van der Waals surface area contributed by atoms with Gasteiger partial charge >= 0.3 is 5.97 Å². The van der Waals surface area contributed by atoms with Crippen LogP contribution in [0.5, 0.6) is 0 Å². The summed E-state index contributed by atoms with van der Waals surface area (Å²) in [6.45, 7) is 3.06. The molecule has 0 unspecified atom stereocenters. The molecule has 0 N–H and O–H groups in total. The van der Waals surface area contributed by atoms with Crippen LogP contribution >= 0.6 is 0 Å². The van der Waals surface area contributed by atoms with Crippen LogP contribution in [0.4, 0.5) is 4.39 Å². The van der Waals surface area contributed by atoms with E-state index in [-0.39, 0.29) is 29.7 Å². The van der Waals surface area contributed by atoms with Crippen LogP contribution in [0.3, 0.4) is 0 Å². The van der Waals surface area contributed by atoms with E-state index in [2.05, 4.69) is 15.3 Å². The minimum absolute atomic E-state index is 0.0877. The molecule has 0 aliphatic carbocycles. The summed E-state index contributed by atoms with van der Waals surface area (Å²) >= 11 is 0. The second-order valence-electron chi connectivity index (χ2n) is 6.38. The van der Waals surface area contributed by atoms with Crippen molar-refractivity contribution in [3.63, 3.8) is 0 Å². The zero-order valence-electron chi connectivity index (χ0n) is 15.7. The van der Waals surface area contributed by atoms with Crippen molar-refractivity contribution in [1.29, 1.82) is 0 Å². The maximum absolute atomic E-state index is 13.7. The molecule has 4 aromatic rings. The molecule has 2 aromatic carbocycles. The Morgan fingerprint density at radius 1 is 1.03 bits per heavy atom. The molecular weight excluding hydrogens is 377 g/mol. The Balaban J connectivity index is 1.49. The van der Waals surface area contributed by atoms with Crippen molar-refractivity contribution < 1.29 is 23.0 Å². The van der Waals surface area contributed by atoms with Crippen molar-refractivity contribution in [1.82, 2.24) is 15.3 Å². The molecule has 0 atom stereocenters. The van der Waals surface area contributed by atoms with Crippen LogP contribution in [-0.2, 0) is 11.3 Å². The van der Waals surface area contributed by atoms with Crippen LogP contribution in [0.2, 0.25) is 0 Å². The Bertz CT molecular complexity index is 1170. The lowest BCUT2D eigenvalue weighted by Crippen LogP contribution is -2.07. The molecule has 0 saturated heterocycles. The zero-order chi connectivity index (χ0) is 20.4. The van der Waals surface area contributed by atoms with Crippen molar-refractivity contribution in [2.45, 2.75) is 20.5 Å². The summed E-state index contributed by atoms with van der Waals surface area (Å²) in [6, 6.07) is 13.8. The van der Waals surface area contributed by atoms with Gasteiger partial charge in [0.25, 0.3) is 5.89 Å². The van der Waals surface area contributed by atoms with Crippen LogP contribution in [0, 0.1) is 19.7 Å². The Morgan fingerprint density at radius 3 is 2.59 bits per heavy atom. The molecule has 4 rings (SSSR count). The van der Waals surface area contributed by atoms with Gasteiger partial charge in [0.05, 0.1) is 0 Å². The minimum atomic E-state index is -0.622. The first-order valence-electron chi connectivity index (χ1n) is 8.81. The van der Waals surface area contributed by atoms with Crippen LogP contribution in [0.15, 0.2) is 57.6 Å². The quantitative estimate of drug-likeness (QED) is 0.461. The van der Waals surface area contributed by atoms with Gasteiger partial charge in [-0.15, -0.1) is 0 Å². The van der Waals surface area contributed by atoms with Gasteiger partial charge in [-0.05, 0) is 25.5 Å². The fourth-order valence-corrected chi connectivity index (χ4v) is 2.77. The molecule has 8 heteroatoms. The SMILES string of the molecule is Cc1ccc(-c2noc(COC(=O)c3c(-c4ccccc4)noc3C)n2)cc1F. The van der Waals surface area contributed by atoms with E-state index in [1.165, 1.54) is 6.07 Å². The van der Waals surface area contributed by atoms with Gasteiger partial charge in [-0.1, -0.05) is 52.8 Å². The summed E-state index contributed by atoms with van der Waals surface area (Å²) in [6.07, 6.45) is 0. The Labute approximate surface area is 165 Å². The number of ether oxygens (including phenoxy) is 1. The lowest BCUT2D eigenvalue weighted by atomic mass is 10.1. The number of carbonyl (C=O) groups is 1. The first-order valence-corrected chi connectivity index (χ1v) is 8.81. The molecule has 29 heavy (non-hydrogen) atoms. The average Bonchev–Trinajstić information content (AvgIpc) is 3.36. The van der Waals surface area contributed by atoms with Crippen molar-refractivity contribution in [2.24, 2.45) is 0 Å². The maximum Gasteiger partial charge on any atom is 0.344 e. The topological polar surface area (TPSA) is 91.2 Å². The number of rotatable bonds is 5.